The largest absolute Gasteiger partial charge is 0.352 e. The first kappa shape index (κ1) is 30.9. The zero-order valence-corrected chi connectivity index (χ0v) is 25.6. The molecule has 218 valence electrons. The van der Waals surface area contributed by atoms with Gasteiger partial charge in [-0.1, -0.05) is 84.9 Å². The molecule has 0 spiro atoms. The fraction of sp³-hybridized carbons (Fsp3) is 0.355. The monoisotopic (exact) mass is 615 g/mol. The lowest BCUT2D eigenvalue weighted by atomic mass is 10.1. The van der Waals surface area contributed by atoms with Crippen molar-refractivity contribution >= 4 is 50.7 Å². The highest BCUT2D eigenvalue weighted by atomic mass is 35.5. The molecule has 3 aromatic rings. The van der Waals surface area contributed by atoms with Crippen LogP contribution in [0.4, 0.5) is 5.69 Å². The number of aryl methyl sites for hydroxylation is 1. The Morgan fingerprint density at radius 2 is 1.54 bits per heavy atom. The first-order chi connectivity index (χ1) is 19.6. The average molecular weight is 617 g/mol. The molecule has 0 radical (unpaired) electrons. The van der Waals surface area contributed by atoms with Crippen molar-refractivity contribution in [1.29, 1.82) is 0 Å². The second-order valence-electron chi connectivity index (χ2n) is 10.3. The maximum atomic E-state index is 14.2. The molecule has 0 aliphatic heterocycles. The minimum atomic E-state index is -4.13. The molecule has 7 nitrogen and oxygen atoms in total. The van der Waals surface area contributed by atoms with Gasteiger partial charge in [0.1, 0.15) is 12.6 Å². The molecule has 0 saturated heterocycles. The number of halogens is 2. The topological polar surface area (TPSA) is 86.8 Å². The summed E-state index contributed by atoms with van der Waals surface area (Å²) in [5.74, 6) is -0.822. The number of para-hydroxylation sites is 1. The number of benzene rings is 3. The van der Waals surface area contributed by atoms with Gasteiger partial charge in [0.15, 0.2) is 0 Å². The van der Waals surface area contributed by atoms with Crippen molar-refractivity contribution in [2.75, 3.05) is 10.8 Å². The lowest BCUT2D eigenvalue weighted by molar-refractivity contribution is -0.140. The number of hydrogen-bond donors (Lipinski definition) is 1. The highest BCUT2D eigenvalue weighted by Gasteiger charge is 2.35. The highest BCUT2D eigenvalue weighted by molar-refractivity contribution is 7.92. The summed E-state index contributed by atoms with van der Waals surface area (Å²) >= 11 is 13.0. The summed E-state index contributed by atoms with van der Waals surface area (Å²) in [6.45, 7) is 3.12. The average Bonchev–Trinajstić information content (AvgIpc) is 3.46. The van der Waals surface area contributed by atoms with Crippen LogP contribution >= 0.6 is 23.2 Å². The first-order valence-corrected chi connectivity index (χ1v) is 16.0. The number of carbonyl (C=O) groups excluding carboxylic acids is 2. The molecule has 0 unspecified atom stereocenters. The van der Waals surface area contributed by atoms with Gasteiger partial charge in [0.05, 0.1) is 10.6 Å². The standard InChI is InChI=1S/C31H35Cl2N3O4S/c1-3-29(31(38)34-23-10-7-8-11-23)35(20-26-27(32)14-9-15-28(26)33)30(37)21-36(24-12-5-4-6-13-24)41(39,40)25-18-16-22(2)17-19-25/h4-6,9,12-19,23,29H,3,7-8,10-11,20-21H2,1-2H3,(H,34,38)/t29-/m1/s1. The van der Waals surface area contributed by atoms with Crippen molar-refractivity contribution < 1.29 is 18.0 Å². The van der Waals surface area contributed by atoms with E-state index in [4.69, 9.17) is 23.2 Å². The van der Waals surface area contributed by atoms with Gasteiger partial charge in [-0.2, -0.15) is 0 Å². The minimum Gasteiger partial charge on any atom is -0.352 e. The SMILES string of the molecule is CC[C@H](C(=O)NC1CCCC1)N(Cc1c(Cl)cccc1Cl)C(=O)CN(c1ccccc1)S(=O)(=O)c1ccc(C)cc1. The van der Waals surface area contributed by atoms with Gasteiger partial charge in [-0.3, -0.25) is 13.9 Å². The van der Waals surface area contributed by atoms with Crippen LogP contribution in [0.5, 0.6) is 0 Å². The Kier molecular flexibility index (Phi) is 10.3. The first-order valence-electron chi connectivity index (χ1n) is 13.8. The van der Waals surface area contributed by atoms with E-state index in [0.29, 0.717) is 27.7 Å². The minimum absolute atomic E-state index is 0.0544. The normalized spacial score (nSPS) is 14.4. The van der Waals surface area contributed by atoms with Crippen LogP contribution in [-0.4, -0.2) is 43.8 Å². The molecule has 1 N–H and O–H groups in total. The molecular formula is C31H35Cl2N3O4S. The summed E-state index contributed by atoms with van der Waals surface area (Å²) < 4.78 is 28.9. The van der Waals surface area contributed by atoms with Crippen molar-refractivity contribution in [2.45, 2.75) is 69.5 Å². The number of amides is 2. The number of anilines is 1. The lowest BCUT2D eigenvalue weighted by Gasteiger charge is -2.34. The van der Waals surface area contributed by atoms with E-state index in [2.05, 4.69) is 5.32 Å². The van der Waals surface area contributed by atoms with Gasteiger partial charge in [0, 0.05) is 28.2 Å². The van der Waals surface area contributed by atoms with Crippen LogP contribution in [0.1, 0.15) is 50.2 Å². The van der Waals surface area contributed by atoms with E-state index in [1.54, 1.807) is 60.7 Å². The van der Waals surface area contributed by atoms with Gasteiger partial charge in [-0.05, 0) is 62.6 Å². The molecule has 1 fully saturated rings. The van der Waals surface area contributed by atoms with E-state index in [1.807, 2.05) is 13.8 Å². The molecule has 3 aromatic carbocycles. The van der Waals surface area contributed by atoms with E-state index in [1.165, 1.54) is 17.0 Å². The predicted molar refractivity (Wildman–Crippen MR) is 164 cm³/mol. The van der Waals surface area contributed by atoms with Crippen molar-refractivity contribution in [3.63, 3.8) is 0 Å². The van der Waals surface area contributed by atoms with E-state index in [0.717, 1.165) is 35.6 Å². The van der Waals surface area contributed by atoms with Crippen LogP contribution in [0.15, 0.2) is 77.7 Å². The van der Waals surface area contributed by atoms with Crippen molar-refractivity contribution in [1.82, 2.24) is 10.2 Å². The predicted octanol–water partition coefficient (Wildman–Crippen LogP) is 6.36. The van der Waals surface area contributed by atoms with Crippen molar-refractivity contribution in [2.24, 2.45) is 0 Å². The third-order valence-corrected chi connectivity index (χ3v) is 9.91. The Morgan fingerprint density at radius 3 is 2.12 bits per heavy atom. The fourth-order valence-corrected chi connectivity index (χ4v) is 7.03. The quantitative estimate of drug-likeness (QED) is 0.272. The van der Waals surface area contributed by atoms with Crippen LogP contribution in [0.2, 0.25) is 10.0 Å². The third-order valence-electron chi connectivity index (χ3n) is 7.41. The number of hydrogen-bond acceptors (Lipinski definition) is 4. The molecule has 10 heteroatoms. The molecule has 1 aliphatic carbocycles. The maximum absolute atomic E-state index is 14.2. The van der Waals surface area contributed by atoms with Crippen LogP contribution < -0.4 is 9.62 Å². The smallest absolute Gasteiger partial charge is 0.264 e. The summed E-state index contributed by atoms with van der Waals surface area (Å²) in [6, 6.07) is 19.2. The Morgan fingerprint density at radius 1 is 0.927 bits per heavy atom. The molecule has 0 heterocycles. The second kappa shape index (κ2) is 13.7. The molecule has 1 aliphatic rings. The van der Waals surface area contributed by atoms with Gasteiger partial charge < -0.3 is 10.2 Å². The maximum Gasteiger partial charge on any atom is 0.264 e. The molecule has 0 aromatic heterocycles. The van der Waals surface area contributed by atoms with E-state index >= 15 is 0 Å². The Hall–Kier alpha value is -3.07. The Labute approximate surface area is 252 Å². The number of rotatable bonds is 11. The molecule has 0 bridgehead atoms. The summed E-state index contributed by atoms with van der Waals surface area (Å²) in [5.41, 5.74) is 1.73. The molecule has 2 amide bonds. The van der Waals surface area contributed by atoms with Gasteiger partial charge in [0.25, 0.3) is 10.0 Å². The molecule has 41 heavy (non-hydrogen) atoms. The zero-order chi connectivity index (χ0) is 29.6. The highest BCUT2D eigenvalue weighted by Crippen LogP contribution is 2.29. The Bertz CT molecular complexity index is 1440. The van der Waals surface area contributed by atoms with Crippen LogP contribution in [0.25, 0.3) is 0 Å². The van der Waals surface area contributed by atoms with Gasteiger partial charge >= 0.3 is 0 Å². The van der Waals surface area contributed by atoms with E-state index in [9.17, 15) is 18.0 Å². The van der Waals surface area contributed by atoms with Crippen LogP contribution in [0.3, 0.4) is 0 Å². The zero-order valence-electron chi connectivity index (χ0n) is 23.2. The Balaban J connectivity index is 1.72. The second-order valence-corrected chi connectivity index (χ2v) is 13.0. The van der Waals surface area contributed by atoms with E-state index in [-0.39, 0.29) is 23.4 Å². The van der Waals surface area contributed by atoms with Crippen molar-refractivity contribution in [3.05, 3.63) is 94.0 Å². The van der Waals surface area contributed by atoms with Gasteiger partial charge in [-0.15, -0.1) is 0 Å². The number of nitrogens with zero attached hydrogens (tertiary/aromatic N) is 2. The van der Waals surface area contributed by atoms with Gasteiger partial charge in [-0.25, -0.2) is 8.42 Å². The summed E-state index contributed by atoms with van der Waals surface area (Å²) in [7, 11) is -4.13. The summed E-state index contributed by atoms with van der Waals surface area (Å²) in [6.07, 6.45) is 4.19. The van der Waals surface area contributed by atoms with E-state index < -0.39 is 28.5 Å². The van der Waals surface area contributed by atoms with Crippen LogP contribution in [-0.2, 0) is 26.2 Å². The lowest BCUT2D eigenvalue weighted by Crippen LogP contribution is -2.53. The van der Waals surface area contributed by atoms with Crippen LogP contribution in [0, 0.1) is 6.92 Å². The number of sulfonamides is 1. The number of nitrogens with one attached hydrogen (secondary N) is 1. The summed E-state index contributed by atoms with van der Waals surface area (Å²) in [4.78, 5) is 29.2. The van der Waals surface area contributed by atoms with Crippen molar-refractivity contribution in [3.8, 4) is 0 Å². The number of carbonyl (C=O) groups is 2. The molecule has 1 saturated carbocycles. The third kappa shape index (κ3) is 7.42. The van der Waals surface area contributed by atoms with Gasteiger partial charge in [0.2, 0.25) is 11.8 Å². The molecule has 4 rings (SSSR count). The fourth-order valence-electron chi connectivity index (χ4n) is 5.10. The summed E-state index contributed by atoms with van der Waals surface area (Å²) in [5, 5.41) is 3.81. The molecular weight excluding hydrogens is 581 g/mol. The molecule has 1 atom stereocenters.